The quantitative estimate of drug-likeness (QED) is 0.364. The lowest BCUT2D eigenvalue weighted by Crippen LogP contribution is -2.09. The zero-order chi connectivity index (χ0) is 22.7. The summed E-state index contributed by atoms with van der Waals surface area (Å²) >= 11 is 0. The van der Waals surface area contributed by atoms with E-state index in [1.807, 2.05) is 23.7 Å². The van der Waals surface area contributed by atoms with Crippen LogP contribution in [-0.4, -0.2) is 30.7 Å². The second kappa shape index (κ2) is 9.22. The number of rotatable bonds is 7. The number of carbonyl (C=O) groups is 1. The molecule has 0 aliphatic heterocycles. The Bertz CT molecular complexity index is 1210. The lowest BCUT2D eigenvalue weighted by Gasteiger charge is -2.14. The first-order chi connectivity index (χ1) is 15.4. The van der Waals surface area contributed by atoms with Crippen molar-refractivity contribution in [1.82, 2.24) is 25.0 Å². The number of aromatic nitrogens is 5. The largest absolute Gasteiger partial charge is 0.294 e. The minimum atomic E-state index is -0.0275. The van der Waals surface area contributed by atoms with Gasteiger partial charge in [0.25, 0.3) is 0 Å². The molecule has 0 amide bonds. The molecular formula is C26H27N5O. The highest BCUT2D eigenvalue weighted by atomic mass is 16.1. The van der Waals surface area contributed by atoms with Gasteiger partial charge in [0.2, 0.25) is 0 Å². The molecule has 0 saturated carbocycles. The molecule has 0 spiro atoms. The lowest BCUT2D eigenvalue weighted by molar-refractivity contribution is 0.0975. The van der Waals surface area contributed by atoms with Crippen LogP contribution in [0.4, 0.5) is 0 Å². The molecule has 0 aliphatic carbocycles. The molecule has 6 heteroatoms. The standard InChI is InChI=1S/C26H27N5O/c1-17(2)25-16-29-30-31(25)23-13-21(20-7-5-18(3)6-8-20)12-22(14-23)26(32)11-19(4)24-15-27-9-10-28-24/h5-10,12-17,19H,11H2,1-4H3. The van der Waals surface area contributed by atoms with E-state index in [2.05, 4.69) is 71.4 Å². The van der Waals surface area contributed by atoms with Crippen LogP contribution in [0.15, 0.2) is 67.3 Å². The van der Waals surface area contributed by atoms with Crippen LogP contribution in [0.2, 0.25) is 0 Å². The summed E-state index contributed by atoms with van der Waals surface area (Å²) in [4.78, 5) is 21.8. The molecule has 2 aromatic heterocycles. The molecule has 32 heavy (non-hydrogen) atoms. The zero-order valence-electron chi connectivity index (χ0n) is 18.9. The van der Waals surface area contributed by atoms with E-state index in [9.17, 15) is 4.79 Å². The molecule has 0 radical (unpaired) electrons. The predicted octanol–water partition coefficient (Wildman–Crippen LogP) is 5.53. The highest BCUT2D eigenvalue weighted by Crippen LogP contribution is 2.28. The van der Waals surface area contributed by atoms with Gasteiger partial charge in [0, 0.05) is 36.5 Å². The minimum Gasteiger partial charge on any atom is -0.294 e. The van der Waals surface area contributed by atoms with Gasteiger partial charge in [0.1, 0.15) is 0 Å². The first-order valence-corrected chi connectivity index (χ1v) is 10.8. The van der Waals surface area contributed by atoms with Gasteiger partial charge >= 0.3 is 0 Å². The number of ketones is 1. The second-order valence-electron chi connectivity index (χ2n) is 8.52. The Hall–Kier alpha value is -3.67. The maximum Gasteiger partial charge on any atom is 0.163 e. The molecule has 0 N–H and O–H groups in total. The molecule has 1 atom stereocenters. The fourth-order valence-electron chi connectivity index (χ4n) is 3.71. The number of nitrogens with zero attached hydrogens (tertiary/aromatic N) is 5. The van der Waals surface area contributed by atoms with Crippen LogP contribution in [0, 0.1) is 6.92 Å². The fraction of sp³-hybridized carbons (Fsp3) is 0.269. The van der Waals surface area contributed by atoms with Crippen molar-refractivity contribution < 1.29 is 4.79 Å². The molecule has 2 aromatic carbocycles. The molecule has 162 valence electrons. The van der Waals surface area contributed by atoms with Gasteiger partial charge in [-0.2, -0.15) is 0 Å². The van der Waals surface area contributed by atoms with E-state index in [0.717, 1.165) is 28.2 Å². The third-order valence-corrected chi connectivity index (χ3v) is 5.62. The summed E-state index contributed by atoms with van der Waals surface area (Å²) in [6.07, 6.45) is 7.14. The van der Waals surface area contributed by atoms with E-state index in [0.29, 0.717) is 12.0 Å². The fourth-order valence-corrected chi connectivity index (χ4v) is 3.71. The average molecular weight is 426 g/mol. The Kier molecular flexibility index (Phi) is 6.21. The second-order valence-corrected chi connectivity index (χ2v) is 8.52. The molecule has 0 fully saturated rings. The summed E-state index contributed by atoms with van der Waals surface area (Å²) in [6.45, 7) is 8.27. The van der Waals surface area contributed by atoms with E-state index < -0.39 is 0 Å². The monoisotopic (exact) mass is 425 g/mol. The average Bonchev–Trinajstić information content (AvgIpc) is 3.30. The van der Waals surface area contributed by atoms with E-state index in [1.165, 1.54) is 5.56 Å². The van der Waals surface area contributed by atoms with Crippen LogP contribution in [0.3, 0.4) is 0 Å². The van der Waals surface area contributed by atoms with Crippen molar-refractivity contribution in [2.75, 3.05) is 0 Å². The van der Waals surface area contributed by atoms with E-state index in [-0.39, 0.29) is 17.6 Å². The van der Waals surface area contributed by atoms with E-state index in [4.69, 9.17) is 0 Å². The summed E-state index contributed by atoms with van der Waals surface area (Å²) in [5.41, 5.74) is 6.52. The van der Waals surface area contributed by atoms with Crippen LogP contribution >= 0.6 is 0 Å². The van der Waals surface area contributed by atoms with Gasteiger partial charge in [-0.05, 0) is 42.2 Å². The number of aryl methyl sites for hydroxylation is 1. The topological polar surface area (TPSA) is 73.6 Å². The summed E-state index contributed by atoms with van der Waals surface area (Å²) in [7, 11) is 0. The number of Topliss-reactive ketones (excluding diaryl/α,β-unsaturated/α-hetero) is 1. The Morgan fingerprint density at radius 2 is 1.75 bits per heavy atom. The number of carbonyl (C=O) groups excluding carboxylic acids is 1. The van der Waals surface area contributed by atoms with E-state index in [1.54, 1.807) is 24.8 Å². The van der Waals surface area contributed by atoms with Crippen molar-refractivity contribution >= 4 is 5.78 Å². The Labute approximate surface area is 188 Å². The molecule has 0 bridgehead atoms. The number of hydrogen-bond donors (Lipinski definition) is 0. The Balaban J connectivity index is 1.75. The van der Waals surface area contributed by atoms with Crippen molar-refractivity contribution in [1.29, 1.82) is 0 Å². The highest BCUT2D eigenvalue weighted by molar-refractivity contribution is 5.98. The molecule has 4 aromatic rings. The predicted molar refractivity (Wildman–Crippen MR) is 125 cm³/mol. The molecule has 6 nitrogen and oxygen atoms in total. The third-order valence-electron chi connectivity index (χ3n) is 5.62. The van der Waals surface area contributed by atoms with Gasteiger partial charge in [-0.15, -0.1) is 5.10 Å². The van der Waals surface area contributed by atoms with Gasteiger partial charge in [0.05, 0.1) is 23.3 Å². The summed E-state index contributed by atoms with van der Waals surface area (Å²) in [5, 5.41) is 8.41. The zero-order valence-corrected chi connectivity index (χ0v) is 18.9. The number of hydrogen-bond acceptors (Lipinski definition) is 5. The highest BCUT2D eigenvalue weighted by Gasteiger charge is 2.18. The summed E-state index contributed by atoms with van der Waals surface area (Å²) in [5.74, 6) is 0.286. The molecule has 1 unspecified atom stereocenters. The molecular weight excluding hydrogens is 398 g/mol. The van der Waals surface area contributed by atoms with Crippen LogP contribution in [0.5, 0.6) is 0 Å². The van der Waals surface area contributed by atoms with Crippen LogP contribution in [0.1, 0.15) is 66.3 Å². The number of benzene rings is 2. The van der Waals surface area contributed by atoms with Gasteiger partial charge < -0.3 is 0 Å². The van der Waals surface area contributed by atoms with E-state index >= 15 is 0 Å². The Morgan fingerprint density at radius 3 is 2.44 bits per heavy atom. The smallest absolute Gasteiger partial charge is 0.163 e. The van der Waals surface area contributed by atoms with Crippen molar-refractivity contribution in [3.63, 3.8) is 0 Å². The normalized spacial score (nSPS) is 12.2. The molecule has 4 rings (SSSR count). The first kappa shape index (κ1) is 21.6. The van der Waals surface area contributed by atoms with Crippen molar-refractivity contribution in [3.05, 3.63) is 89.8 Å². The van der Waals surface area contributed by atoms with Crippen LogP contribution < -0.4 is 0 Å². The lowest BCUT2D eigenvalue weighted by atomic mass is 9.94. The summed E-state index contributed by atoms with van der Waals surface area (Å²) in [6, 6.07) is 14.2. The van der Waals surface area contributed by atoms with Gasteiger partial charge in [0.15, 0.2) is 5.78 Å². The maximum atomic E-state index is 13.3. The van der Waals surface area contributed by atoms with Gasteiger partial charge in [-0.1, -0.05) is 55.8 Å². The molecule has 2 heterocycles. The molecule has 0 saturated heterocycles. The molecule has 0 aliphatic rings. The third kappa shape index (κ3) is 4.64. The van der Waals surface area contributed by atoms with Crippen molar-refractivity contribution in [3.8, 4) is 16.8 Å². The van der Waals surface area contributed by atoms with Crippen molar-refractivity contribution in [2.24, 2.45) is 0 Å². The van der Waals surface area contributed by atoms with Crippen LogP contribution in [0.25, 0.3) is 16.8 Å². The van der Waals surface area contributed by atoms with Gasteiger partial charge in [-0.25, -0.2) is 4.68 Å². The summed E-state index contributed by atoms with van der Waals surface area (Å²) < 4.78 is 1.82. The van der Waals surface area contributed by atoms with Crippen LogP contribution in [-0.2, 0) is 0 Å². The SMILES string of the molecule is Cc1ccc(-c2cc(C(=O)CC(C)c3cnccn3)cc(-n3nncc3C(C)C)c2)cc1. The maximum absolute atomic E-state index is 13.3. The van der Waals surface area contributed by atoms with Crippen molar-refractivity contribution in [2.45, 2.75) is 46.0 Å². The first-order valence-electron chi connectivity index (χ1n) is 10.8. The minimum absolute atomic E-state index is 0.0275. The Morgan fingerprint density at radius 1 is 0.969 bits per heavy atom. The van der Waals surface area contributed by atoms with Gasteiger partial charge in [-0.3, -0.25) is 14.8 Å².